The molecule has 1 saturated heterocycles. The van der Waals surface area contributed by atoms with Crippen LogP contribution in [0.1, 0.15) is 23.1 Å². The van der Waals surface area contributed by atoms with Crippen molar-refractivity contribution in [3.05, 3.63) is 53.1 Å². The first-order valence-corrected chi connectivity index (χ1v) is 9.55. The molecule has 0 aliphatic carbocycles. The van der Waals surface area contributed by atoms with E-state index in [4.69, 9.17) is 18.9 Å². The monoisotopic (exact) mass is 383 g/mol. The maximum absolute atomic E-state index is 13.4. The van der Waals surface area contributed by atoms with Gasteiger partial charge in [0, 0.05) is 5.56 Å². The van der Waals surface area contributed by atoms with E-state index in [2.05, 4.69) is 0 Å². The minimum absolute atomic E-state index is 0.178. The number of anilines is 1. The summed E-state index contributed by atoms with van der Waals surface area (Å²) in [7, 11) is 1.61. The lowest BCUT2D eigenvalue weighted by molar-refractivity contribution is -0.257. The number of nitrogens with zero attached hydrogens (tertiary/aromatic N) is 1. The lowest BCUT2D eigenvalue weighted by Gasteiger charge is -2.33. The van der Waals surface area contributed by atoms with Gasteiger partial charge in [-0.15, -0.1) is 0 Å². The van der Waals surface area contributed by atoms with Crippen LogP contribution in [0.5, 0.6) is 11.5 Å². The number of hydrogen-bond acceptors (Lipinski definition) is 5. The molecule has 2 aromatic carbocycles. The van der Waals surface area contributed by atoms with Crippen LogP contribution < -0.4 is 14.4 Å². The van der Waals surface area contributed by atoms with Crippen LogP contribution in [0.2, 0.25) is 0 Å². The van der Waals surface area contributed by atoms with E-state index >= 15 is 0 Å². The van der Waals surface area contributed by atoms with Crippen molar-refractivity contribution >= 4 is 11.6 Å². The highest BCUT2D eigenvalue weighted by molar-refractivity contribution is 6.07. The molecule has 2 heterocycles. The third kappa shape index (κ3) is 2.93. The van der Waals surface area contributed by atoms with Crippen molar-refractivity contribution in [1.82, 2.24) is 0 Å². The Hall–Kier alpha value is -2.57. The van der Waals surface area contributed by atoms with E-state index in [1.807, 2.05) is 50.2 Å². The largest absolute Gasteiger partial charge is 0.493 e. The maximum Gasteiger partial charge on any atom is 0.292 e. The number of carbonyl (C=O) groups is 1. The van der Waals surface area contributed by atoms with Crippen molar-refractivity contribution in [1.29, 1.82) is 0 Å². The van der Waals surface area contributed by atoms with Crippen LogP contribution in [0.15, 0.2) is 36.4 Å². The summed E-state index contributed by atoms with van der Waals surface area (Å²) in [5.41, 5.74) is 3.70. The topological polar surface area (TPSA) is 57.2 Å². The number of amides is 1. The Bertz CT molecular complexity index is 888. The van der Waals surface area contributed by atoms with Gasteiger partial charge in [-0.1, -0.05) is 24.3 Å². The van der Waals surface area contributed by atoms with Crippen LogP contribution >= 0.6 is 0 Å². The zero-order chi connectivity index (χ0) is 19.7. The molecule has 0 saturated carbocycles. The van der Waals surface area contributed by atoms with Crippen LogP contribution in [0, 0.1) is 13.8 Å². The van der Waals surface area contributed by atoms with Gasteiger partial charge in [-0.3, -0.25) is 4.79 Å². The fraction of sp³-hybridized carbons (Fsp3) is 0.409. The number of carbonyl (C=O) groups excluding carboxylic acids is 1. The van der Waals surface area contributed by atoms with Gasteiger partial charge in [0.1, 0.15) is 6.61 Å². The third-order valence-corrected chi connectivity index (χ3v) is 5.25. The van der Waals surface area contributed by atoms with E-state index in [0.29, 0.717) is 37.9 Å². The standard InChI is InChI=1S/C22H25NO5/c1-15-9-10-16(2)20-19(15)22(27-12-6-13-28-22)21(24)23(20)11-14-26-18-8-5-4-7-17(18)25-3/h4-5,7-10H,6,11-14H2,1-3H3. The first-order valence-electron chi connectivity index (χ1n) is 9.55. The number of rotatable bonds is 5. The highest BCUT2D eigenvalue weighted by Crippen LogP contribution is 2.48. The minimum Gasteiger partial charge on any atom is -0.493 e. The van der Waals surface area contributed by atoms with E-state index < -0.39 is 5.79 Å². The summed E-state index contributed by atoms with van der Waals surface area (Å²) >= 11 is 0. The molecule has 28 heavy (non-hydrogen) atoms. The van der Waals surface area contributed by atoms with Gasteiger partial charge in [0.2, 0.25) is 0 Å². The molecule has 6 heteroatoms. The van der Waals surface area contributed by atoms with Crippen LogP contribution in [0.3, 0.4) is 0 Å². The number of para-hydroxylation sites is 2. The lowest BCUT2D eigenvalue weighted by atomic mass is 9.97. The molecule has 2 aliphatic heterocycles. The number of hydrogen-bond donors (Lipinski definition) is 0. The summed E-state index contributed by atoms with van der Waals surface area (Å²) < 4.78 is 23.1. The van der Waals surface area contributed by atoms with Gasteiger partial charge in [0.25, 0.3) is 11.7 Å². The van der Waals surface area contributed by atoms with Crippen LogP contribution in [0.4, 0.5) is 5.69 Å². The molecule has 1 amide bonds. The molecular weight excluding hydrogens is 358 g/mol. The molecule has 4 rings (SSSR count). The van der Waals surface area contributed by atoms with E-state index in [0.717, 1.165) is 28.8 Å². The van der Waals surface area contributed by atoms with Crippen molar-refractivity contribution in [3.63, 3.8) is 0 Å². The molecule has 1 fully saturated rings. The van der Waals surface area contributed by atoms with Gasteiger partial charge in [0.05, 0.1) is 32.6 Å². The molecule has 0 atom stereocenters. The smallest absolute Gasteiger partial charge is 0.292 e. The quantitative estimate of drug-likeness (QED) is 0.793. The molecule has 0 aromatic heterocycles. The van der Waals surface area contributed by atoms with Gasteiger partial charge in [-0.25, -0.2) is 0 Å². The highest BCUT2D eigenvalue weighted by Gasteiger charge is 2.56. The predicted molar refractivity (Wildman–Crippen MR) is 105 cm³/mol. The lowest BCUT2D eigenvalue weighted by Crippen LogP contribution is -2.48. The Labute approximate surface area is 165 Å². The van der Waals surface area contributed by atoms with Gasteiger partial charge in [-0.05, 0) is 43.5 Å². The Morgan fingerprint density at radius 1 is 1.04 bits per heavy atom. The Morgan fingerprint density at radius 3 is 2.43 bits per heavy atom. The molecular formula is C22H25NO5. The number of ether oxygens (including phenoxy) is 4. The SMILES string of the molecule is COc1ccccc1OCCN1C(=O)C2(OCCCO2)c2c(C)ccc(C)c21. The van der Waals surface area contributed by atoms with Gasteiger partial charge >= 0.3 is 0 Å². The summed E-state index contributed by atoms with van der Waals surface area (Å²) in [6, 6.07) is 11.5. The van der Waals surface area contributed by atoms with E-state index in [-0.39, 0.29) is 5.91 Å². The van der Waals surface area contributed by atoms with Crippen LogP contribution in [-0.2, 0) is 20.1 Å². The molecule has 2 aliphatic rings. The first kappa shape index (κ1) is 18.8. The molecule has 2 aromatic rings. The predicted octanol–water partition coefficient (Wildman–Crippen LogP) is 3.33. The van der Waals surface area contributed by atoms with Crippen molar-refractivity contribution in [2.75, 3.05) is 38.4 Å². The Morgan fingerprint density at radius 2 is 1.71 bits per heavy atom. The number of methoxy groups -OCH3 is 1. The maximum atomic E-state index is 13.4. The second-order valence-electron chi connectivity index (χ2n) is 7.05. The molecule has 0 radical (unpaired) electrons. The zero-order valence-corrected chi connectivity index (χ0v) is 16.5. The highest BCUT2D eigenvalue weighted by atomic mass is 16.7. The van der Waals surface area contributed by atoms with E-state index in [9.17, 15) is 4.79 Å². The number of aryl methyl sites for hydroxylation is 2. The van der Waals surface area contributed by atoms with Gasteiger partial charge in [-0.2, -0.15) is 0 Å². The van der Waals surface area contributed by atoms with Crippen LogP contribution in [-0.4, -0.2) is 39.4 Å². The van der Waals surface area contributed by atoms with Crippen molar-refractivity contribution in [2.24, 2.45) is 0 Å². The average Bonchev–Trinajstić information content (AvgIpc) is 2.95. The second kappa shape index (κ2) is 7.45. The molecule has 0 unspecified atom stereocenters. The first-order chi connectivity index (χ1) is 13.6. The number of benzene rings is 2. The molecule has 0 N–H and O–H groups in total. The summed E-state index contributed by atoms with van der Waals surface area (Å²) in [5.74, 6) is -0.187. The zero-order valence-electron chi connectivity index (χ0n) is 16.5. The summed E-state index contributed by atoms with van der Waals surface area (Å²) in [5, 5.41) is 0. The fourth-order valence-electron chi connectivity index (χ4n) is 3.94. The minimum atomic E-state index is -1.33. The fourth-order valence-corrected chi connectivity index (χ4v) is 3.94. The van der Waals surface area contributed by atoms with Crippen molar-refractivity contribution in [3.8, 4) is 11.5 Å². The molecule has 1 spiro atoms. The molecule has 6 nitrogen and oxygen atoms in total. The summed E-state index contributed by atoms with van der Waals surface area (Å²) in [6.45, 7) is 5.72. The Kier molecular flexibility index (Phi) is 5.00. The van der Waals surface area contributed by atoms with Gasteiger partial charge < -0.3 is 23.8 Å². The molecule has 0 bridgehead atoms. The van der Waals surface area contributed by atoms with Gasteiger partial charge in [0.15, 0.2) is 11.5 Å². The van der Waals surface area contributed by atoms with E-state index in [1.54, 1.807) is 12.0 Å². The normalized spacial score (nSPS) is 17.7. The van der Waals surface area contributed by atoms with Crippen molar-refractivity contribution < 1.29 is 23.7 Å². The Balaban J connectivity index is 1.61. The number of fused-ring (bicyclic) bond motifs is 2. The summed E-state index contributed by atoms with van der Waals surface area (Å²) in [6.07, 6.45) is 0.784. The average molecular weight is 383 g/mol. The second-order valence-corrected chi connectivity index (χ2v) is 7.05. The molecule has 148 valence electrons. The van der Waals surface area contributed by atoms with Crippen molar-refractivity contribution in [2.45, 2.75) is 26.1 Å². The van der Waals surface area contributed by atoms with E-state index in [1.165, 1.54) is 0 Å². The summed E-state index contributed by atoms with van der Waals surface area (Å²) in [4.78, 5) is 15.1. The van der Waals surface area contributed by atoms with Crippen LogP contribution in [0.25, 0.3) is 0 Å². The third-order valence-electron chi connectivity index (χ3n) is 5.25.